The van der Waals surface area contributed by atoms with Gasteiger partial charge in [0.05, 0.1) is 12.2 Å². The quantitative estimate of drug-likeness (QED) is 0.781. The summed E-state index contributed by atoms with van der Waals surface area (Å²) >= 11 is 5.82. The van der Waals surface area contributed by atoms with Gasteiger partial charge in [-0.3, -0.25) is 4.79 Å². The molecule has 1 aromatic carbocycles. The van der Waals surface area contributed by atoms with Crippen LogP contribution in [0.4, 0.5) is 0 Å². The first-order valence-corrected chi connectivity index (χ1v) is 5.78. The van der Waals surface area contributed by atoms with Gasteiger partial charge < -0.3 is 15.1 Å². The summed E-state index contributed by atoms with van der Waals surface area (Å²) in [5.74, 6) is -0.185. The number of carbonyl (C=O) groups excluding carboxylic acids is 1. The molecule has 1 amide bonds. The van der Waals surface area contributed by atoms with Crippen molar-refractivity contribution < 1.29 is 15.0 Å². The van der Waals surface area contributed by atoms with E-state index in [4.69, 9.17) is 11.6 Å². The minimum atomic E-state index is -0.855. The van der Waals surface area contributed by atoms with E-state index in [9.17, 15) is 15.0 Å². The van der Waals surface area contributed by atoms with Crippen molar-refractivity contribution in [2.75, 3.05) is 13.1 Å². The SMILES string of the molecule is Cc1cc(Cl)ccc1C(=O)N1CC(O)C(O)C1. The lowest BCUT2D eigenvalue weighted by Gasteiger charge is -2.16. The molecule has 5 heteroatoms. The number of aliphatic hydroxyl groups excluding tert-OH is 2. The Labute approximate surface area is 104 Å². The highest BCUT2D eigenvalue weighted by atomic mass is 35.5. The van der Waals surface area contributed by atoms with E-state index < -0.39 is 12.2 Å². The van der Waals surface area contributed by atoms with Gasteiger partial charge in [-0.1, -0.05) is 11.6 Å². The van der Waals surface area contributed by atoms with Crippen LogP contribution in [0.25, 0.3) is 0 Å². The molecule has 92 valence electrons. The van der Waals surface area contributed by atoms with Gasteiger partial charge in [-0.05, 0) is 30.7 Å². The Morgan fingerprint density at radius 1 is 1.35 bits per heavy atom. The van der Waals surface area contributed by atoms with E-state index in [1.807, 2.05) is 6.92 Å². The zero-order chi connectivity index (χ0) is 12.6. The van der Waals surface area contributed by atoms with Crippen molar-refractivity contribution in [2.45, 2.75) is 19.1 Å². The number of amides is 1. The van der Waals surface area contributed by atoms with Gasteiger partial charge >= 0.3 is 0 Å². The zero-order valence-corrected chi connectivity index (χ0v) is 10.2. The molecule has 1 saturated heterocycles. The minimum Gasteiger partial charge on any atom is -0.388 e. The maximum atomic E-state index is 12.1. The van der Waals surface area contributed by atoms with Crippen molar-refractivity contribution in [2.24, 2.45) is 0 Å². The molecule has 17 heavy (non-hydrogen) atoms. The summed E-state index contributed by atoms with van der Waals surface area (Å²) in [5, 5.41) is 19.4. The van der Waals surface area contributed by atoms with E-state index in [1.165, 1.54) is 4.90 Å². The number of aryl methyl sites for hydroxylation is 1. The molecule has 1 heterocycles. The Hall–Kier alpha value is -1.10. The van der Waals surface area contributed by atoms with Crippen LogP contribution in [0, 0.1) is 6.92 Å². The fourth-order valence-electron chi connectivity index (χ4n) is 1.97. The number of carbonyl (C=O) groups is 1. The van der Waals surface area contributed by atoms with Crippen LogP contribution in [0.15, 0.2) is 18.2 Å². The van der Waals surface area contributed by atoms with Gasteiger partial charge in [0.2, 0.25) is 0 Å². The number of halogens is 1. The van der Waals surface area contributed by atoms with Gasteiger partial charge in [0.25, 0.3) is 5.91 Å². The predicted molar refractivity (Wildman–Crippen MR) is 64.1 cm³/mol. The number of hydrogen-bond donors (Lipinski definition) is 2. The molecule has 1 aromatic rings. The van der Waals surface area contributed by atoms with Crippen molar-refractivity contribution in [1.82, 2.24) is 4.90 Å². The number of likely N-dealkylation sites (tertiary alicyclic amines) is 1. The smallest absolute Gasteiger partial charge is 0.254 e. The summed E-state index contributed by atoms with van der Waals surface area (Å²) in [7, 11) is 0. The lowest BCUT2D eigenvalue weighted by atomic mass is 10.1. The van der Waals surface area contributed by atoms with Crippen LogP contribution >= 0.6 is 11.6 Å². The van der Waals surface area contributed by atoms with Gasteiger partial charge in [-0.15, -0.1) is 0 Å². The van der Waals surface area contributed by atoms with Crippen molar-refractivity contribution in [3.8, 4) is 0 Å². The fourth-order valence-corrected chi connectivity index (χ4v) is 2.20. The summed E-state index contributed by atoms with van der Waals surface area (Å²) in [6.07, 6.45) is -1.71. The molecule has 2 rings (SSSR count). The fraction of sp³-hybridized carbons (Fsp3) is 0.417. The number of β-amino-alcohol motifs (C(OH)–C–C–N with tert-alkyl or cyclic N) is 2. The first-order chi connectivity index (χ1) is 7.99. The minimum absolute atomic E-state index is 0.169. The summed E-state index contributed by atoms with van der Waals surface area (Å²) < 4.78 is 0. The molecule has 0 aliphatic carbocycles. The summed E-state index contributed by atoms with van der Waals surface area (Å²) in [6.45, 7) is 2.15. The van der Waals surface area contributed by atoms with E-state index in [1.54, 1.807) is 18.2 Å². The zero-order valence-electron chi connectivity index (χ0n) is 9.43. The van der Waals surface area contributed by atoms with E-state index in [0.717, 1.165) is 5.56 Å². The van der Waals surface area contributed by atoms with Crippen LogP contribution in [0.3, 0.4) is 0 Å². The molecule has 1 aliphatic heterocycles. The molecule has 2 N–H and O–H groups in total. The molecule has 0 saturated carbocycles. The largest absolute Gasteiger partial charge is 0.388 e. The van der Waals surface area contributed by atoms with Crippen LogP contribution in [-0.2, 0) is 0 Å². The second kappa shape index (κ2) is 4.64. The average molecular weight is 256 g/mol. The second-order valence-corrected chi connectivity index (χ2v) is 4.74. The van der Waals surface area contributed by atoms with Crippen LogP contribution in [0.5, 0.6) is 0 Å². The van der Waals surface area contributed by atoms with Crippen molar-refractivity contribution in [3.63, 3.8) is 0 Å². The van der Waals surface area contributed by atoms with Crippen LogP contribution in [0.1, 0.15) is 15.9 Å². The summed E-state index contributed by atoms with van der Waals surface area (Å²) in [5.41, 5.74) is 1.34. The van der Waals surface area contributed by atoms with Crippen molar-refractivity contribution in [3.05, 3.63) is 34.3 Å². The number of rotatable bonds is 1. The Balaban J connectivity index is 2.20. The van der Waals surface area contributed by atoms with Crippen molar-refractivity contribution in [1.29, 1.82) is 0 Å². The lowest BCUT2D eigenvalue weighted by molar-refractivity contribution is 0.0572. The maximum absolute atomic E-state index is 12.1. The Bertz CT molecular complexity index is 439. The highest BCUT2D eigenvalue weighted by molar-refractivity contribution is 6.30. The molecule has 4 nitrogen and oxygen atoms in total. The molecule has 0 radical (unpaired) electrons. The highest BCUT2D eigenvalue weighted by Gasteiger charge is 2.33. The lowest BCUT2D eigenvalue weighted by Crippen LogP contribution is -2.30. The standard InChI is InChI=1S/C12H14ClNO3/c1-7-4-8(13)2-3-9(7)12(17)14-5-10(15)11(16)6-14/h2-4,10-11,15-16H,5-6H2,1H3. The molecule has 0 aromatic heterocycles. The van der Waals surface area contributed by atoms with Gasteiger partial charge in [0.1, 0.15) is 0 Å². The molecule has 0 bridgehead atoms. The summed E-state index contributed by atoms with van der Waals surface area (Å²) in [6, 6.07) is 5.04. The average Bonchev–Trinajstić information content (AvgIpc) is 2.58. The van der Waals surface area contributed by atoms with E-state index in [-0.39, 0.29) is 19.0 Å². The second-order valence-electron chi connectivity index (χ2n) is 4.30. The maximum Gasteiger partial charge on any atom is 0.254 e. The van der Waals surface area contributed by atoms with Crippen molar-refractivity contribution >= 4 is 17.5 Å². The van der Waals surface area contributed by atoms with Gasteiger partial charge in [-0.2, -0.15) is 0 Å². The predicted octanol–water partition coefficient (Wildman–Crippen LogP) is 0.826. The first kappa shape index (κ1) is 12.4. The highest BCUT2D eigenvalue weighted by Crippen LogP contribution is 2.19. The number of aliphatic hydroxyl groups is 2. The third kappa shape index (κ3) is 2.44. The molecule has 1 aliphatic rings. The van der Waals surface area contributed by atoms with Gasteiger partial charge in [0, 0.05) is 23.7 Å². The van der Waals surface area contributed by atoms with E-state index in [0.29, 0.717) is 10.6 Å². The number of nitrogens with zero attached hydrogens (tertiary/aromatic N) is 1. The van der Waals surface area contributed by atoms with E-state index >= 15 is 0 Å². The van der Waals surface area contributed by atoms with Gasteiger partial charge in [0.15, 0.2) is 0 Å². The molecular weight excluding hydrogens is 242 g/mol. The molecule has 0 spiro atoms. The third-order valence-electron chi connectivity index (χ3n) is 2.97. The normalized spacial score (nSPS) is 24.1. The first-order valence-electron chi connectivity index (χ1n) is 5.40. The molecule has 2 atom stereocenters. The van der Waals surface area contributed by atoms with Crippen LogP contribution in [0.2, 0.25) is 5.02 Å². The monoisotopic (exact) mass is 255 g/mol. The molecule has 1 fully saturated rings. The number of benzene rings is 1. The Kier molecular flexibility index (Phi) is 3.38. The van der Waals surface area contributed by atoms with Crippen LogP contribution in [-0.4, -0.2) is 46.3 Å². The Morgan fingerprint density at radius 2 is 1.94 bits per heavy atom. The van der Waals surface area contributed by atoms with E-state index in [2.05, 4.69) is 0 Å². The molecular formula is C12H14ClNO3. The van der Waals surface area contributed by atoms with Crippen LogP contribution < -0.4 is 0 Å². The summed E-state index contributed by atoms with van der Waals surface area (Å²) in [4.78, 5) is 13.6. The van der Waals surface area contributed by atoms with Gasteiger partial charge in [-0.25, -0.2) is 0 Å². The topological polar surface area (TPSA) is 60.8 Å². The third-order valence-corrected chi connectivity index (χ3v) is 3.20. The Morgan fingerprint density at radius 3 is 2.47 bits per heavy atom. The number of hydrogen-bond acceptors (Lipinski definition) is 3. The molecule has 2 unspecified atom stereocenters.